The van der Waals surface area contributed by atoms with Crippen molar-refractivity contribution in [2.24, 2.45) is 5.14 Å². The van der Waals surface area contributed by atoms with Crippen molar-refractivity contribution in [2.45, 2.75) is 31.8 Å². The third-order valence-electron chi connectivity index (χ3n) is 3.93. The second-order valence-corrected chi connectivity index (χ2v) is 7.46. The third-order valence-corrected chi connectivity index (χ3v) is 4.84. The van der Waals surface area contributed by atoms with Crippen LogP contribution in [0, 0.1) is 19.7 Å². The Hall–Kier alpha value is -2.58. The van der Waals surface area contributed by atoms with Gasteiger partial charge in [-0.3, -0.25) is 4.79 Å². The Balaban J connectivity index is 2.23. The van der Waals surface area contributed by atoms with Crippen LogP contribution >= 0.6 is 0 Å². The SMILES string of the molecule is Cc1ccc(C(=O)[C@@H](C)OC(=O)c2cc(S(N)(=O)=O)ccc2F)cc1C. The number of ketones is 1. The fourth-order valence-electron chi connectivity index (χ4n) is 2.24. The van der Waals surface area contributed by atoms with E-state index in [4.69, 9.17) is 9.88 Å². The number of ether oxygens (including phenoxy) is 1. The second-order valence-electron chi connectivity index (χ2n) is 5.90. The van der Waals surface area contributed by atoms with E-state index in [0.717, 1.165) is 29.3 Å². The zero-order valence-corrected chi connectivity index (χ0v) is 15.3. The van der Waals surface area contributed by atoms with Crippen molar-refractivity contribution in [3.63, 3.8) is 0 Å². The minimum Gasteiger partial charge on any atom is -0.451 e. The van der Waals surface area contributed by atoms with Crippen LogP contribution < -0.4 is 5.14 Å². The van der Waals surface area contributed by atoms with Crippen LogP contribution in [0.25, 0.3) is 0 Å². The zero-order valence-electron chi connectivity index (χ0n) is 14.4. The highest BCUT2D eigenvalue weighted by Crippen LogP contribution is 2.17. The average molecular weight is 379 g/mol. The largest absolute Gasteiger partial charge is 0.451 e. The molecule has 0 fully saturated rings. The summed E-state index contributed by atoms with van der Waals surface area (Å²) in [6.45, 7) is 5.10. The zero-order chi connectivity index (χ0) is 19.6. The van der Waals surface area contributed by atoms with Gasteiger partial charge < -0.3 is 4.74 Å². The molecule has 6 nitrogen and oxygen atoms in total. The fourth-order valence-corrected chi connectivity index (χ4v) is 2.78. The normalized spacial score (nSPS) is 12.5. The molecule has 0 saturated heterocycles. The van der Waals surface area contributed by atoms with Crippen molar-refractivity contribution < 1.29 is 27.1 Å². The Kier molecular flexibility index (Phi) is 5.58. The lowest BCUT2D eigenvalue weighted by atomic mass is 10.0. The Labute approximate surface area is 150 Å². The number of aryl methyl sites for hydroxylation is 2. The number of nitrogens with two attached hydrogens (primary N) is 1. The van der Waals surface area contributed by atoms with Gasteiger partial charge in [-0.2, -0.15) is 0 Å². The molecule has 0 radical (unpaired) electrons. The first-order chi connectivity index (χ1) is 12.0. The highest BCUT2D eigenvalue weighted by Gasteiger charge is 2.24. The number of hydrogen-bond acceptors (Lipinski definition) is 5. The van der Waals surface area contributed by atoms with Crippen LogP contribution in [0.1, 0.15) is 38.8 Å². The summed E-state index contributed by atoms with van der Waals surface area (Å²) in [6, 6.07) is 7.56. The van der Waals surface area contributed by atoms with Gasteiger partial charge >= 0.3 is 5.97 Å². The van der Waals surface area contributed by atoms with E-state index in [1.54, 1.807) is 18.2 Å². The van der Waals surface area contributed by atoms with Gasteiger partial charge in [0.2, 0.25) is 15.8 Å². The standard InChI is InChI=1S/C18H18FNO5S/c1-10-4-5-13(8-11(10)2)17(21)12(3)25-18(22)15-9-14(26(20,23)24)6-7-16(15)19/h4-9,12H,1-3H3,(H2,20,23,24)/t12-/m1/s1. The van der Waals surface area contributed by atoms with Gasteiger partial charge in [-0.1, -0.05) is 12.1 Å². The summed E-state index contributed by atoms with van der Waals surface area (Å²) in [5.41, 5.74) is 1.65. The molecule has 0 amide bonds. The van der Waals surface area contributed by atoms with Crippen LogP contribution in [0.3, 0.4) is 0 Å². The summed E-state index contributed by atoms with van der Waals surface area (Å²) in [5.74, 6) is -2.59. The average Bonchev–Trinajstić information content (AvgIpc) is 2.55. The van der Waals surface area contributed by atoms with Crippen molar-refractivity contribution in [3.8, 4) is 0 Å². The number of carbonyl (C=O) groups is 2. The molecule has 0 spiro atoms. The van der Waals surface area contributed by atoms with Crippen LogP contribution in [-0.2, 0) is 14.8 Å². The molecule has 0 heterocycles. The Bertz CT molecular complexity index is 985. The van der Waals surface area contributed by atoms with E-state index in [0.29, 0.717) is 5.56 Å². The molecule has 26 heavy (non-hydrogen) atoms. The van der Waals surface area contributed by atoms with E-state index in [9.17, 15) is 22.4 Å². The summed E-state index contributed by atoms with van der Waals surface area (Å²) < 4.78 is 41.6. The summed E-state index contributed by atoms with van der Waals surface area (Å²) in [7, 11) is -4.11. The maximum atomic E-state index is 13.9. The van der Waals surface area contributed by atoms with Crippen molar-refractivity contribution in [1.82, 2.24) is 0 Å². The molecule has 0 unspecified atom stereocenters. The van der Waals surface area contributed by atoms with E-state index >= 15 is 0 Å². The van der Waals surface area contributed by atoms with Gasteiger partial charge in [0, 0.05) is 5.56 Å². The quantitative estimate of drug-likeness (QED) is 0.635. The Morgan fingerprint density at radius 3 is 2.31 bits per heavy atom. The first kappa shape index (κ1) is 19.7. The molecular formula is C18H18FNO5S. The number of halogens is 1. The highest BCUT2D eigenvalue weighted by molar-refractivity contribution is 7.89. The molecule has 2 aromatic rings. The van der Waals surface area contributed by atoms with Crippen LogP contribution in [-0.4, -0.2) is 26.3 Å². The third kappa shape index (κ3) is 4.33. The number of sulfonamides is 1. The van der Waals surface area contributed by atoms with Crippen molar-refractivity contribution in [3.05, 3.63) is 64.5 Å². The maximum Gasteiger partial charge on any atom is 0.341 e. The molecule has 2 rings (SSSR count). The maximum absolute atomic E-state index is 13.9. The van der Waals surface area contributed by atoms with Crippen LogP contribution in [0.2, 0.25) is 0 Å². The molecule has 0 aliphatic rings. The van der Waals surface area contributed by atoms with E-state index in [-0.39, 0.29) is 0 Å². The molecule has 0 aromatic heterocycles. The number of carbonyl (C=O) groups excluding carboxylic acids is 2. The van der Waals surface area contributed by atoms with Crippen molar-refractivity contribution >= 4 is 21.8 Å². The predicted molar refractivity (Wildman–Crippen MR) is 92.9 cm³/mol. The number of rotatable bonds is 5. The summed E-state index contributed by atoms with van der Waals surface area (Å²) in [6.07, 6.45) is -1.18. The van der Waals surface area contributed by atoms with Gasteiger partial charge in [0.15, 0.2) is 6.10 Å². The van der Waals surface area contributed by atoms with E-state index < -0.39 is 44.2 Å². The van der Waals surface area contributed by atoms with Gasteiger partial charge in [0.1, 0.15) is 5.82 Å². The second kappa shape index (κ2) is 7.35. The first-order valence-corrected chi connectivity index (χ1v) is 9.20. The van der Waals surface area contributed by atoms with Gasteiger partial charge in [-0.15, -0.1) is 0 Å². The van der Waals surface area contributed by atoms with Gasteiger partial charge in [0.05, 0.1) is 10.5 Å². The molecule has 2 N–H and O–H groups in total. The highest BCUT2D eigenvalue weighted by atomic mass is 32.2. The van der Waals surface area contributed by atoms with Gasteiger partial charge in [-0.05, 0) is 56.2 Å². The monoisotopic (exact) mass is 379 g/mol. The molecule has 8 heteroatoms. The Morgan fingerprint density at radius 2 is 1.73 bits per heavy atom. The minimum atomic E-state index is -4.11. The number of esters is 1. The molecule has 0 aliphatic heterocycles. The molecule has 0 bridgehead atoms. The summed E-state index contributed by atoms with van der Waals surface area (Å²) >= 11 is 0. The minimum absolute atomic E-state index is 0.354. The topological polar surface area (TPSA) is 104 Å². The number of hydrogen-bond donors (Lipinski definition) is 1. The lowest BCUT2D eigenvalue weighted by Crippen LogP contribution is -2.25. The lowest BCUT2D eigenvalue weighted by molar-refractivity contribution is 0.0314. The molecule has 2 aromatic carbocycles. The van der Waals surface area contributed by atoms with Crippen LogP contribution in [0.5, 0.6) is 0 Å². The smallest absolute Gasteiger partial charge is 0.341 e. The Morgan fingerprint density at radius 1 is 1.08 bits per heavy atom. The van der Waals surface area contributed by atoms with E-state index in [2.05, 4.69) is 0 Å². The lowest BCUT2D eigenvalue weighted by Gasteiger charge is -2.14. The van der Waals surface area contributed by atoms with E-state index in [1.807, 2.05) is 13.8 Å². The fraction of sp³-hybridized carbons (Fsp3) is 0.222. The number of primary sulfonamides is 1. The number of benzene rings is 2. The van der Waals surface area contributed by atoms with Gasteiger partial charge in [0.25, 0.3) is 0 Å². The first-order valence-electron chi connectivity index (χ1n) is 7.65. The summed E-state index contributed by atoms with van der Waals surface area (Å²) in [4.78, 5) is 24.1. The number of Topliss-reactive ketones (excluding diaryl/α,β-unsaturated/α-hetero) is 1. The molecule has 138 valence electrons. The van der Waals surface area contributed by atoms with Gasteiger partial charge in [-0.25, -0.2) is 22.7 Å². The molecule has 0 saturated carbocycles. The molecular weight excluding hydrogens is 361 g/mol. The van der Waals surface area contributed by atoms with Crippen molar-refractivity contribution in [1.29, 1.82) is 0 Å². The summed E-state index contributed by atoms with van der Waals surface area (Å²) in [5, 5.41) is 4.97. The van der Waals surface area contributed by atoms with Crippen LogP contribution in [0.15, 0.2) is 41.3 Å². The van der Waals surface area contributed by atoms with Crippen LogP contribution in [0.4, 0.5) is 4.39 Å². The van der Waals surface area contributed by atoms with Crippen molar-refractivity contribution in [2.75, 3.05) is 0 Å². The molecule has 0 aliphatic carbocycles. The molecule has 1 atom stereocenters. The van der Waals surface area contributed by atoms with E-state index in [1.165, 1.54) is 6.92 Å². The predicted octanol–water partition coefficient (Wildman–Crippen LogP) is 2.52.